The monoisotopic (exact) mass is 332 g/mol. The first-order chi connectivity index (χ1) is 11.5. The summed E-state index contributed by atoms with van der Waals surface area (Å²) in [6.07, 6.45) is 7.26. The minimum atomic E-state index is -0.00798. The Labute approximate surface area is 143 Å². The molecule has 0 aromatic carbocycles. The minimum Gasteiger partial charge on any atom is -0.377 e. The third-order valence-electron chi connectivity index (χ3n) is 6.24. The van der Waals surface area contributed by atoms with E-state index in [4.69, 9.17) is 4.74 Å². The highest BCUT2D eigenvalue weighted by molar-refractivity contribution is 5.36. The molecular weight excluding hydrogens is 304 g/mol. The van der Waals surface area contributed by atoms with E-state index < -0.39 is 0 Å². The molecule has 2 saturated heterocycles. The van der Waals surface area contributed by atoms with Crippen molar-refractivity contribution >= 4 is 5.82 Å². The SMILES string of the molecule is Cn1ccnc(N2CCC[C@H](N[C@@H]3[C@@H]4CCO[C@@H]4C3(C)C)C2)c1=O. The first-order valence-electron chi connectivity index (χ1n) is 9.12. The zero-order valence-corrected chi connectivity index (χ0v) is 14.9. The molecule has 24 heavy (non-hydrogen) atoms. The third-order valence-corrected chi connectivity index (χ3v) is 6.24. The maximum absolute atomic E-state index is 12.3. The third kappa shape index (κ3) is 2.47. The fraction of sp³-hybridized carbons (Fsp3) is 0.778. The van der Waals surface area contributed by atoms with E-state index in [-0.39, 0.29) is 11.0 Å². The van der Waals surface area contributed by atoms with Gasteiger partial charge in [-0.1, -0.05) is 13.8 Å². The van der Waals surface area contributed by atoms with Gasteiger partial charge in [0.05, 0.1) is 6.10 Å². The smallest absolute Gasteiger partial charge is 0.293 e. The predicted molar refractivity (Wildman–Crippen MR) is 93.3 cm³/mol. The van der Waals surface area contributed by atoms with Gasteiger partial charge in [0.1, 0.15) is 0 Å². The summed E-state index contributed by atoms with van der Waals surface area (Å²) in [6, 6.07) is 0.929. The number of nitrogens with one attached hydrogen (secondary N) is 1. The van der Waals surface area contributed by atoms with Crippen molar-refractivity contribution in [2.24, 2.45) is 18.4 Å². The van der Waals surface area contributed by atoms with Gasteiger partial charge in [0.15, 0.2) is 5.82 Å². The molecule has 3 fully saturated rings. The van der Waals surface area contributed by atoms with Crippen LogP contribution < -0.4 is 15.8 Å². The molecule has 2 aliphatic heterocycles. The van der Waals surface area contributed by atoms with Crippen molar-refractivity contribution in [1.29, 1.82) is 0 Å². The van der Waals surface area contributed by atoms with Gasteiger partial charge < -0.3 is 19.5 Å². The van der Waals surface area contributed by atoms with Crippen molar-refractivity contribution in [2.45, 2.75) is 51.3 Å². The van der Waals surface area contributed by atoms with Gasteiger partial charge in [0.25, 0.3) is 5.56 Å². The maximum Gasteiger partial charge on any atom is 0.293 e. The quantitative estimate of drug-likeness (QED) is 0.900. The van der Waals surface area contributed by atoms with Gasteiger partial charge in [-0.3, -0.25) is 4.79 Å². The van der Waals surface area contributed by atoms with Crippen LogP contribution >= 0.6 is 0 Å². The molecule has 0 amide bonds. The lowest BCUT2D eigenvalue weighted by molar-refractivity contribution is -0.115. The Bertz CT molecular complexity index is 671. The number of nitrogens with zero attached hydrogens (tertiary/aromatic N) is 3. The van der Waals surface area contributed by atoms with E-state index in [0.29, 0.717) is 29.9 Å². The molecule has 1 aromatic heterocycles. The predicted octanol–water partition coefficient (Wildman–Crippen LogP) is 1.15. The van der Waals surface area contributed by atoms with Gasteiger partial charge in [0, 0.05) is 62.6 Å². The molecule has 0 spiro atoms. The Morgan fingerprint density at radius 2 is 2.21 bits per heavy atom. The second kappa shape index (κ2) is 5.85. The molecule has 1 aromatic rings. The van der Waals surface area contributed by atoms with Gasteiger partial charge in [-0.15, -0.1) is 0 Å². The van der Waals surface area contributed by atoms with Crippen LogP contribution in [-0.4, -0.2) is 47.4 Å². The van der Waals surface area contributed by atoms with Crippen LogP contribution in [0.1, 0.15) is 33.1 Å². The topological polar surface area (TPSA) is 59.4 Å². The number of aromatic nitrogens is 2. The number of rotatable bonds is 3. The molecule has 4 rings (SSSR count). The molecule has 3 heterocycles. The Balaban J connectivity index is 1.46. The maximum atomic E-state index is 12.3. The summed E-state index contributed by atoms with van der Waals surface area (Å²) in [7, 11) is 1.78. The van der Waals surface area contributed by atoms with Crippen LogP contribution in [0.4, 0.5) is 5.82 Å². The van der Waals surface area contributed by atoms with Gasteiger partial charge in [0.2, 0.25) is 0 Å². The summed E-state index contributed by atoms with van der Waals surface area (Å²) in [5.74, 6) is 1.24. The summed E-state index contributed by atoms with van der Waals surface area (Å²) in [6.45, 7) is 7.29. The van der Waals surface area contributed by atoms with Crippen LogP contribution in [-0.2, 0) is 11.8 Å². The number of fused-ring (bicyclic) bond motifs is 1. The fourth-order valence-corrected chi connectivity index (χ4v) is 4.92. The van der Waals surface area contributed by atoms with Gasteiger partial charge >= 0.3 is 0 Å². The average Bonchev–Trinajstić information content (AvgIpc) is 3.03. The highest BCUT2D eigenvalue weighted by Crippen LogP contribution is 2.52. The van der Waals surface area contributed by atoms with Gasteiger partial charge in [-0.05, 0) is 19.3 Å². The number of hydrogen-bond acceptors (Lipinski definition) is 5. The minimum absolute atomic E-state index is 0.00798. The van der Waals surface area contributed by atoms with Crippen molar-refractivity contribution in [3.63, 3.8) is 0 Å². The zero-order valence-electron chi connectivity index (χ0n) is 14.9. The lowest BCUT2D eigenvalue weighted by Gasteiger charge is -2.56. The van der Waals surface area contributed by atoms with Crippen LogP contribution in [0.15, 0.2) is 17.2 Å². The van der Waals surface area contributed by atoms with E-state index in [0.717, 1.165) is 32.5 Å². The van der Waals surface area contributed by atoms with Crippen LogP contribution in [0.3, 0.4) is 0 Å². The molecule has 0 bridgehead atoms. The molecule has 1 aliphatic carbocycles. The van der Waals surface area contributed by atoms with Gasteiger partial charge in [-0.25, -0.2) is 4.98 Å². The van der Waals surface area contributed by atoms with Crippen LogP contribution in [0, 0.1) is 11.3 Å². The molecule has 0 radical (unpaired) electrons. The summed E-state index contributed by atoms with van der Waals surface area (Å²) >= 11 is 0. The summed E-state index contributed by atoms with van der Waals surface area (Å²) in [4.78, 5) is 18.8. The van der Waals surface area contributed by atoms with E-state index in [2.05, 4.69) is 29.0 Å². The number of aryl methyl sites for hydroxylation is 1. The van der Waals surface area contributed by atoms with E-state index in [1.807, 2.05) is 0 Å². The van der Waals surface area contributed by atoms with Crippen molar-refractivity contribution in [3.8, 4) is 0 Å². The van der Waals surface area contributed by atoms with Crippen molar-refractivity contribution in [2.75, 3.05) is 24.6 Å². The van der Waals surface area contributed by atoms with E-state index >= 15 is 0 Å². The molecule has 1 N–H and O–H groups in total. The summed E-state index contributed by atoms with van der Waals surface area (Å²) < 4.78 is 7.51. The van der Waals surface area contributed by atoms with E-state index in [1.54, 1.807) is 24.0 Å². The number of ether oxygens (including phenoxy) is 1. The van der Waals surface area contributed by atoms with E-state index in [1.165, 1.54) is 6.42 Å². The Morgan fingerprint density at radius 1 is 1.38 bits per heavy atom. The van der Waals surface area contributed by atoms with E-state index in [9.17, 15) is 4.79 Å². The molecule has 132 valence electrons. The Kier molecular flexibility index (Phi) is 3.92. The molecule has 6 nitrogen and oxygen atoms in total. The molecular formula is C18H28N4O2. The largest absolute Gasteiger partial charge is 0.377 e. The zero-order chi connectivity index (χ0) is 16.9. The molecule has 0 unspecified atom stereocenters. The second-order valence-corrected chi connectivity index (χ2v) is 8.16. The van der Waals surface area contributed by atoms with Gasteiger partial charge in [-0.2, -0.15) is 0 Å². The fourth-order valence-electron chi connectivity index (χ4n) is 4.92. The Hall–Kier alpha value is -1.40. The highest BCUT2D eigenvalue weighted by atomic mass is 16.5. The molecule has 4 atom stereocenters. The first kappa shape index (κ1) is 16.1. The van der Waals surface area contributed by atoms with Crippen LogP contribution in [0.5, 0.6) is 0 Å². The number of hydrogen-bond donors (Lipinski definition) is 1. The highest BCUT2D eigenvalue weighted by Gasteiger charge is 2.59. The summed E-state index contributed by atoms with van der Waals surface area (Å²) in [5, 5.41) is 3.89. The summed E-state index contributed by atoms with van der Waals surface area (Å²) in [5.41, 5.74) is 0.191. The normalized spacial score (nSPS) is 34.7. The molecule has 6 heteroatoms. The lowest BCUT2D eigenvalue weighted by Crippen LogP contribution is -2.68. The first-order valence-corrected chi connectivity index (χ1v) is 9.12. The number of piperidine rings is 1. The second-order valence-electron chi connectivity index (χ2n) is 8.16. The molecule has 1 saturated carbocycles. The lowest BCUT2D eigenvalue weighted by atomic mass is 9.57. The molecule has 3 aliphatic rings. The van der Waals surface area contributed by atoms with Crippen molar-refractivity contribution < 1.29 is 4.74 Å². The Morgan fingerprint density at radius 3 is 3.04 bits per heavy atom. The van der Waals surface area contributed by atoms with Crippen molar-refractivity contribution in [3.05, 3.63) is 22.7 Å². The van der Waals surface area contributed by atoms with Crippen molar-refractivity contribution in [1.82, 2.24) is 14.9 Å². The van der Waals surface area contributed by atoms with Crippen LogP contribution in [0.25, 0.3) is 0 Å². The standard InChI is InChI=1S/C18H28N4O2/c1-18(2)14(13-6-10-24-15(13)18)20-12-5-4-8-22(11-12)16-17(23)21(3)9-7-19-16/h7,9,12-15,20H,4-6,8,10-11H2,1-3H3/t12-,13-,14+,15-/m0/s1. The van der Waals surface area contributed by atoms with Crippen LogP contribution in [0.2, 0.25) is 0 Å². The number of anilines is 1. The average molecular weight is 332 g/mol.